The van der Waals surface area contributed by atoms with Crippen molar-refractivity contribution in [2.45, 2.75) is 13.2 Å². The van der Waals surface area contributed by atoms with Crippen molar-refractivity contribution >= 4 is 16.8 Å². The summed E-state index contributed by atoms with van der Waals surface area (Å²) in [6, 6.07) is 0. The molecule has 0 saturated carbocycles. The van der Waals surface area contributed by atoms with Crippen LogP contribution in [0.5, 0.6) is 0 Å². The minimum Gasteiger partial charge on any atom is -0.504 e. The summed E-state index contributed by atoms with van der Waals surface area (Å²) in [6.45, 7) is 1.23. The molecule has 0 radical (unpaired) electrons. The third kappa shape index (κ3) is 4.96. The Morgan fingerprint density at radius 1 is 1.67 bits per heavy atom. The van der Waals surface area contributed by atoms with Gasteiger partial charge in [0.05, 0.1) is 0 Å². The molecule has 0 aliphatic rings. The van der Waals surface area contributed by atoms with Gasteiger partial charge < -0.3 is 10.0 Å². The highest BCUT2D eigenvalue weighted by atomic mass is 35.5. The predicted molar refractivity (Wildman–Crippen MR) is 48.3 cm³/mol. The van der Waals surface area contributed by atoms with Gasteiger partial charge >= 0.3 is 0 Å². The molecule has 0 aromatic heterocycles. The molecule has 12 heavy (non-hydrogen) atoms. The maximum absolute atomic E-state index is 12.2. The Morgan fingerprint density at radius 3 is 2.50 bits per heavy atom. The number of hydrogen-bond donors (Lipinski definition) is 1. The molecule has 1 atom stereocenters. The average Bonchev–Trinajstić information content (AvgIpc) is 1.84. The number of aliphatic imine (C=N–C) groups is 1. The highest BCUT2D eigenvalue weighted by molar-refractivity contribution is 6.69. The normalized spacial score (nSPS) is 16.1. The van der Waals surface area contributed by atoms with E-state index in [1.54, 1.807) is 19.0 Å². The molecule has 3 nitrogen and oxygen atoms in total. The fourth-order valence-electron chi connectivity index (χ4n) is 0.520. The summed E-state index contributed by atoms with van der Waals surface area (Å²) >= 11 is 5.44. The number of hydrogen-bond acceptors (Lipinski definition) is 3. The minimum atomic E-state index is -1.41. The van der Waals surface area contributed by atoms with Crippen LogP contribution in [0, 0.1) is 0 Å². The first-order valence-corrected chi connectivity index (χ1v) is 3.76. The number of halogens is 2. The average molecular weight is 195 g/mol. The summed E-state index contributed by atoms with van der Waals surface area (Å²) in [4.78, 5) is 4.88. The van der Waals surface area contributed by atoms with E-state index >= 15 is 0 Å². The van der Waals surface area contributed by atoms with Crippen LogP contribution in [0.4, 0.5) is 4.39 Å². The lowest BCUT2D eigenvalue weighted by atomic mass is 10.5. The summed E-state index contributed by atoms with van der Waals surface area (Å²) in [5.41, 5.74) is 0. The molecule has 0 rings (SSSR count). The first-order valence-electron chi connectivity index (χ1n) is 3.38. The first kappa shape index (κ1) is 11.2. The van der Waals surface area contributed by atoms with Crippen molar-refractivity contribution < 1.29 is 9.50 Å². The monoisotopic (exact) mass is 194 g/mol. The van der Waals surface area contributed by atoms with E-state index in [0.29, 0.717) is 0 Å². The lowest BCUT2D eigenvalue weighted by Gasteiger charge is -2.05. The predicted octanol–water partition coefficient (Wildman–Crippen LogP) is 1.90. The number of allylic oxidation sites excluding steroid dienone is 1. The SMILES string of the molecule is CC(F)/N=C(Cl)\C(O)=C\N(C)C. The summed E-state index contributed by atoms with van der Waals surface area (Å²) in [7, 11) is 3.42. The third-order valence-corrected chi connectivity index (χ3v) is 1.17. The van der Waals surface area contributed by atoms with Crippen molar-refractivity contribution in [3.05, 3.63) is 12.0 Å². The second-order valence-electron chi connectivity index (χ2n) is 2.47. The number of rotatable bonds is 3. The van der Waals surface area contributed by atoms with Gasteiger partial charge in [-0.3, -0.25) is 0 Å². The van der Waals surface area contributed by atoms with Crippen molar-refractivity contribution in [1.29, 1.82) is 0 Å². The number of alkyl halides is 1. The summed E-state index contributed by atoms with van der Waals surface area (Å²) < 4.78 is 12.2. The largest absolute Gasteiger partial charge is 0.504 e. The van der Waals surface area contributed by atoms with Gasteiger partial charge in [-0.15, -0.1) is 0 Å². The van der Waals surface area contributed by atoms with Crippen molar-refractivity contribution in [3.63, 3.8) is 0 Å². The van der Waals surface area contributed by atoms with Crippen LogP contribution >= 0.6 is 11.6 Å². The van der Waals surface area contributed by atoms with Crippen molar-refractivity contribution in [2.24, 2.45) is 4.99 Å². The zero-order valence-corrected chi connectivity index (χ0v) is 8.01. The Morgan fingerprint density at radius 2 is 2.17 bits per heavy atom. The molecule has 0 bridgehead atoms. The Bertz CT molecular complexity index is 180. The molecule has 5 heteroatoms. The molecule has 70 valence electrons. The Balaban J connectivity index is 4.38. The van der Waals surface area contributed by atoms with E-state index in [9.17, 15) is 4.39 Å². The maximum Gasteiger partial charge on any atom is 0.188 e. The van der Waals surface area contributed by atoms with Crippen molar-refractivity contribution in [1.82, 2.24) is 4.90 Å². The van der Waals surface area contributed by atoms with Crippen molar-refractivity contribution in [3.8, 4) is 0 Å². The molecule has 0 aromatic rings. The summed E-state index contributed by atoms with van der Waals surface area (Å²) in [5.74, 6) is -0.244. The molecule has 1 N–H and O–H groups in total. The number of aliphatic hydroxyl groups is 1. The molecule has 0 spiro atoms. The second kappa shape index (κ2) is 4.98. The fraction of sp³-hybridized carbons (Fsp3) is 0.571. The van der Waals surface area contributed by atoms with E-state index in [1.807, 2.05) is 0 Å². The van der Waals surface area contributed by atoms with Crippen LogP contribution in [-0.4, -0.2) is 35.6 Å². The zero-order valence-electron chi connectivity index (χ0n) is 7.25. The third-order valence-electron chi connectivity index (χ3n) is 0.883. The lowest BCUT2D eigenvalue weighted by Crippen LogP contribution is -2.06. The van der Waals surface area contributed by atoms with E-state index in [1.165, 1.54) is 13.1 Å². The molecule has 1 unspecified atom stereocenters. The van der Waals surface area contributed by atoms with Gasteiger partial charge in [-0.25, -0.2) is 9.38 Å². The number of nitrogens with zero attached hydrogens (tertiary/aromatic N) is 2. The smallest absolute Gasteiger partial charge is 0.188 e. The van der Waals surface area contributed by atoms with Gasteiger partial charge in [-0.2, -0.15) is 0 Å². The zero-order chi connectivity index (χ0) is 9.72. The van der Waals surface area contributed by atoms with Crippen LogP contribution in [0.25, 0.3) is 0 Å². The van der Waals surface area contributed by atoms with Gasteiger partial charge in [0.1, 0.15) is 0 Å². The molecule has 0 saturated heterocycles. The molecule has 0 fully saturated rings. The molecule has 0 amide bonds. The van der Waals surface area contributed by atoms with Crippen LogP contribution in [0.15, 0.2) is 17.0 Å². The van der Waals surface area contributed by atoms with Crippen molar-refractivity contribution in [2.75, 3.05) is 14.1 Å². The molecular weight excluding hydrogens is 183 g/mol. The van der Waals surface area contributed by atoms with Crippen LogP contribution < -0.4 is 0 Å². The van der Waals surface area contributed by atoms with Gasteiger partial charge in [-0.1, -0.05) is 11.6 Å². The van der Waals surface area contributed by atoms with Crippen LogP contribution in [-0.2, 0) is 0 Å². The minimum absolute atomic E-state index is 0.223. The first-order chi connectivity index (χ1) is 5.43. The van der Waals surface area contributed by atoms with E-state index in [4.69, 9.17) is 16.7 Å². The summed E-state index contributed by atoms with van der Waals surface area (Å²) in [6.07, 6.45) is -0.0657. The van der Waals surface area contributed by atoms with Crippen LogP contribution in [0.3, 0.4) is 0 Å². The van der Waals surface area contributed by atoms with E-state index in [-0.39, 0.29) is 10.9 Å². The topological polar surface area (TPSA) is 35.8 Å². The molecular formula is C7H12ClFN2O. The van der Waals surface area contributed by atoms with Gasteiger partial charge in [0, 0.05) is 20.3 Å². The molecule has 0 aliphatic carbocycles. The molecule has 0 aliphatic heterocycles. The Hall–Kier alpha value is -0.770. The fourth-order valence-corrected chi connectivity index (χ4v) is 0.703. The standard InChI is InChI=1S/C7H12ClFN2O/c1-5(9)10-7(8)6(12)4-11(2)3/h4-5,12H,1-3H3/b6-4-,10-7+. The van der Waals surface area contributed by atoms with E-state index in [2.05, 4.69) is 4.99 Å². The van der Waals surface area contributed by atoms with Gasteiger partial charge in [0.25, 0.3) is 0 Å². The van der Waals surface area contributed by atoms with Gasteiger partial charge in [0.2, 0.25) is 0 Å². The second-order valence-corrected chi connectivity index (χ2v) is 2.83. The van der Waals surface area contributed by atoms with E-state index in [0.717, 1.165) is 0 Å². The van der Waals surface area contributed by atoms with Gasteiger partial charge in [-0.05, 0) is 6.92 Å². The summed E-state index contributed by atoms with van der Waals surface area (Å²) in [5, 5.41) is 8.90. The molecule has 0 heterocycles. The highest BCUT2D eigenvalue weighted by Crippen LogP contribution is 2.03. The van der Waals surface area contributed by atoms with Crippen LogP contribution in [0.2, 0.25) is 0 Å². The number of aliphatic hydroxyl groups excluding tert-OH is 1. The van der Waals surface area contributed by atoms with Crippen LogP contribution in [0.1, 0.15) is 6.92 Å². The Labute approximate surface area is 76.2 Å². The maximum atomic E-state index is 12.2. The molecule has 0 aromatic carbocycles. The quantitative estimate of drug-likeness (QED) is 0.423. The highest BCUT2D eigenvalue weighted by Gasteiger charge is 2.03. The van der Waals surface area contributed by atoms with E-state index < -0.39 is 6.30 Å². The Kier molecular flexibility index (Phi) is 4.66. The lowest BCUT2D eigenvalue weighted by molar-refractivity contribution is 0.372. The van der Waals surface area contributed by atoms with Gasteiger partial charge in [0.15, 0.2) is 17.2 Å².